The zero-order valence-electron chi connectivity index (χ0n) is 13.1. The van der Waals surface area contributed by atoms with Gasteiger partial charge in [0.1, 0.15) is 12.4 Å². The Balaban J connectivity index is 1.68. The molecule has 0 aliphatic heterocycles. The van der Waals surface area contributed by atoms with Crippen molar-refractivity contribution in [2.45, 2.75) is 13.2 Å². The Bertz CT molecular complexity index is 907. The van der Waals surface area contributed by atoms with E-state index < -0.39 is 0 Å². The summed E-state index contributed by atoms with van der Waals surface area (Å²) in [5.74, 6) is 0.555. The Hall–Kier alpha value is -3.32. The number of nitrogens with zero attached hydrogens (tertiary/aromatic N) is 2. The Labute approximate surface area is 140 Å². The highest BCUT2D eigenvalue weighted by atomic mass is 16.5. The molecule has 0 atom stereocenters. The van der Waals surface area contributed by atoms with Gasteiger partial charge in [-0.15, -0.1) is 0 Å². The molecule has 1 heterocycles. The van der Waals surface area contributed by atoms with Gasteiger partial charge in [0.15, 0.2) is 0 Å². The number of hydrogen-bond acceptors (Lipinski definition) is 3. The minimum absolute atomic E-state index is 0.120. The van der Waals surface area contributed by atoms with Gasteiger partial charge in [0.2, 0.25) is 0 Å². The fraction of sp³-hybridized carbons (Fsp3) is 0.100. The van der Waals surface area contributed by atoms with Crippen LogP contribution in [0.1, 0.15) is 16.7 Å². The van der Waals surface area contributed by atoms with Crippen LogP contribution in [0.2, 0.25) is 0 Å². The minimum atomic E-state index is -0.120. The normalized spacial score (nSPS) is 10.1. The topological polar surface area (TPSA) is 55.0 Å². The van der Waals surface area contributed by atoms with Crippen LogP contribution in [-0.2, 0) is 13.2 Å². The number of hydrogen-bond donors (Lipinski definition) is 0. The summed E-state index contributed by atoms with van der Waals surface area (Å²) in [6.45, 7) is 0.892. The number of rotatable bonds is 5. The molecule has 118 valence electrons. The first-order chi connectivity index (χ1) is 11.7. The smallest absolute Gasteiger partial charge is 0.254 e. The van der Waals surface area contributed by atoms with E-state index in [9.17, 15) is 4.79 Å². The van der Waals surface area contributed by atoms with Crippen molar-refractivity contribution < 1.29 is 4.74 Å². The molecular weight excluding hydrogens is 300 g/mol. The molecule has 0 saturated heterocycles. The van der Waals surface area contributed by atoms with Gasteiger partial charge in [-0.2, -0.15) is 5.26 Å². The van der Waals surface area contributed by atoms with E-state index in [0.29, 0.717) is 24.5 Å². The molecule has 3 rings (SSSR count). The fourth-order valence-corrected chi connectivity index (χ4v) is 2.33. The van der Waals surface area contributed by atoms with Gasteiger partial charge in [0.05, 0.1) is 18.2 Å². The van der Waals surface area contributed by atoms with Crippen LogP contribution in [0.4, 0.5) is 0 Å². The van der Waals surface area contributed by atoms with Crippen molar-refractivity contribution in [2.24, 2.45) is 0 Å². The van der Waals surface area contributed by atoms with Crippen LogP contribution in [0.15, 0.2) is 77.7 Å². The summed E-state index contributed by atoms with van der Waals surface area (Å²) < 4.78 is 7.27. The van der Waals surface area contributed by atoms with Gasteiger partial charge in [0.25, 0.3) is 5.56 Å². The van der Waals surface area contributed by atoms with E-state index in [1.807, 2.05) is 42.5 Å². The molecule has 0 bridgehead atoms. The first-order valence-corrected chi connectivity index (χ1v) is 7.61. The Morgan fingerprint density at radius 3 is 2.38 bits per heavy atom. The van der Waals surface area contributed by atoms with Crippen molar-refractivity contribution in [1.82, 2.24) is 4.57 Å². The van der Waals surface area contributed by atoms with Crippen molar-refractivity contribution in [1.29, 1.82) is 5.26 Å². The Kier molecular flexibility index (Phi) is 4.73. The molecular formula is C20H16N2O2. The molecule has 2 aromatic carbocycles. The van der Waals surface area contributed by atoms with Gasteiger partial charge < -0.3 is 9.30 Å². The number of pyridine rings is 1. The summed E-state index contributed by atoms with van der Waals surface area (Å²) in [4.78, 5) is 12.2. The van der Waals surface area contributed by atoms with Crippen molar-refractivity contribution in [3.05, 3.63) is 100.0 Å². The molecule has 0 spiro atoms. The van der Waals surface area contributed by atoms with Gasteiger partial charge in [0, 0.05) is 12.3 Å². The first-order valence-electron chi connectivity index (χ1n) is 7.61. The molecule has 0 fully saturated rings. The second kappa shape index (κ2) is 7.30. The molecule has 24 heavy (non-hydrogen) atoms. The first kappa shape index (κ1) is 15.6. The third-order valence-electron chi connectivity index (χ3n) is 3.65. The van der Waals surface area contributed by atoms with Crippen LogP contribution in [0, 0.1) is 11.3 Å². The third-order valence-corrected chi connectivity index (χ3v) is 3.65. The van der Waals surface area contributed by atoms with E-state index in [1.165, 1.54) is 6.07 Å². The lowest BCUT2D eigenvalue weighted by molar-refractivity contribution is 0.305. The fourth-order valence-electron chi connectivity index (χ4n) is 2.33. The van der Waals surface area contributed by atoms with Crippen LogP contribution in [0.5, 0.6) is 5.75 Å². The molecule has 0 unspecified atom stereocenters. The van der Waals surface area contributed by atoms with Crippen LogP contribution in [0.25, 0.3) is 0 Å². The van der Waals surface area contributed by atoms with Crippen molar-refractivity contribution in [3.8, 4) is 11.8 Å². The van der Waals surface area contributed by atoms with E-state index in [0.717, 1.165) is 11.1 Å². The van der Waals surface area contributed by atoms with Gasteiger partial charge in [-0.1, -0.05) is 42.5 Å². The molecule has 4 nitrogen and oxygen atoms in total. The number of ether oxygens (including phenoxy) is 1. The monoisotopic (exact) mass is 316 g/mol. The predicted molar refractivity (Wildman–Crippen MR) is 91.7 cm³/mol. The Morgan fingerprint density at radius 1 is 0.958 bits per heavy atom. The average molecular weight is 316 g/mol. The van der Waals surface area contributed by atoms with Crippen LogP contribution >= 0.6 is 0 Å². The third kappa shape index (κ3) is 3.90. The van der Waals surface area contributed by atoms with E-state index >= 15 is 0 Å². The Morgan fingerprint density at radius 2 is 1.71 bits per heavy atom. The summed E-state index contributed by atoms with van der Waals surface area (Å²) in [5, 5.41) is 8.81. The van der Waals surface area contributed by atoms with Crippen LogP contribution in [0.3, 0.4) is 0 Å². The molecule has 0 amide bonds. The highest BCUT2D eigenvalue weighted by molar-refractivity contribution is 5.32. The summed E-state index contributed by atoms with van der Waals surface area (Å²) in [6.07, 6.45) is 1.72. The van der Waals surface area contributed by atoms with E-state index in [2.05, 4.69) is 6.07 Å². The quantitative estimate of drug-likeness (QED) is 0.725. The van der Waals surface area contributed by atoms with Gasteiger partial charge in [-0.05, 0) is 29.3 Å². The van der Waals surface area contributed by atoms with Crippen molar-refractivity contribution in [2.75, 3.05) is 0 Å². The molecule has 0 radical (unpaired) electrons. The van der Waals surface area contributed by atoms with Crippen LogP contribution < -0.4 is 10.3 Å². The minimum Gasteiger partial charge on any atom is -0.489 e. The highest BCUT2D eigenvalue weighted by Gasteiger charge is 2.02. The molecule has 0 saturated carbocycles. The van der Waals surface area contributed by atoms with E-state index in [4.69, 9.17) is 10.00 Å². The molecule has 0 aliphatic rings. The van der Waals surface area contributed by atoms with Crippen LogP contribution in [-0.4, -0.2) is 4.57 Å². The average Bonchev–Trinajstić information content (AvgIpc) is 2.63. The largest absolute Gasteiger partial charge is 0.489 e. The van der Waals surface area contributed by atoms with Gasteiger partial charge in [-0.25, -0.2) is 0 Å². The van der Waals surface area contributed by atoms with Crippen molar-refractivity contribution in [3.63, 3.8) is 0 Å². The number of nitriles is 1. The summed E-state index contributed by atoms with van der Waals surface area (Å²) in [7, 11) is 0. The molecule has 4 heteroatoms. The molecule has 1 aromatic heterocycles. The molecule has 0 N–H and O–H groups in total. The van der Waals surface area contributed by atoms with E-state index in [1.54, 1.807) is 29.0 Å². The number of aromatic nitrogens is 1. The lowest BCUT2D eigenvalue weighted by Gasteiger charge is -2.09. The molecule has 0 aliphatic carbocycles. The van der Waals surface area contributed by atoms with Crippen molar-refractivity contribution >= 4 is 0 Å². The zero-order chi connectivity index (χ0) is 16.8. The maximum absolute atomic E-state index is 12.2. The second-order valence-electron chi connectivity index (χ2n) is 5.41. The molecule has 3 aromatic rings. The zero-order valence-corrected chi connectivity index (χ0v) is 13.1. The number of benzene rings is 2. The predicted octanol–water partition coefficient (Wildman–Crippen LogP) is 3.35. The summed E-state index contributed by atoms with van der Waals surface area (Å²) in [5.41, 5.74) is 2.51. The lowest BCUT2D eigenvalue weighted by atomic mass is 10.1. The standard InChI is InChI=1S/C20H16N2O2/c21-13-16-6-8-17(9-7-16)14-22-11-10-19(12-20(22)23)24-15-18-4-2-1-3-5-18/h1-12H,14-15H2. The second-order valence-corrected chi connectivity index (χ2v) is 5.41. The summed E-state index contributed by atoms with van der Waals surface area (Å²) >= 11 is 0. The maximum Gasteiger partial charge on any atom is 0.254 e. The summed E-state index contributed by atoms with van der Waals surface area (Å²) in [6, 6.07) is 22.4. The highest BCUT2D eigenvalue weighted by Crippen LogP contribution is 2.11. The van der Waals surface area contributed by atoms with Gasteiger partial charge in [-0.3, -0.25) is 4.79 Å². The lowest BCUT2D eigenvalue weighted by Crippen LogP contribution is -2.19. The van der Waals surface area contributed by atoms with Gasteiger partial charge >= 0.3 is 0 Å². The SMILES string of the molecule is N#Cc1ccc(Cn2ccc(OCc3ccccc3)cc2=O)cc1. The maximum atomic E-state index is 12.2. The van der Waals surface area contributed by atoms with E-state index in [-0.39, 0.29) is 5.56 Å².